The number of nitrogens with one attached hydrogen (secondary N) is 2. The van der Waals surface area contributed by atoms with Gasteiger partial charge in [-0.2, -0.15) is 0 Å². The Balaban J connectivity index is 2.53. The fourth-order valence-corrected chi connectivity index (χ4v) is 2.56. The Morgan fingerprint density at radius 2 is 2.20 bits per heavy atom. The minimum Gasteiger partial charge on any atom is -0.357 e. The molecule has 1 heterocycles. The highest BCUT2D eigenvalue weighted by molar-refractivity contribution is 7.89. The Morgan fingerprint density at radius 3 is 2.75 bits per heavy atom. The molecule has 0 fully saturated rings. The van der Waals surface area contributed by atoms with Crippen LogP contribution in [0.1, 0.15) is 23.7 Å². The highest BCUT2D eigenvalue weighted by Crippen LogP contribution is 2.13. The van der Waals surface area contributed by atoms with Crippen molar-refractivity contribution >= 4 is 27.3 Å². The molecule has 0 aliphatic rings. The van der Waals surface area contributed by atoms with Gasteiger partial charge >= 0.3 is 0 Å². The average molecular weight is 319 g/mol. The van der Waals surface area contributed by atoms with Crippen LogP contribution < -0.4 is 15.8 Å². The van der Waals surface area contributed by atoms with Crippen molar-refractivity contribution < 1.29 is 8.42 Å². The topological polar surface area (TPSA) is 109 Å². The predicted molar refractivity (Wildman–Crippen MR) is 82.3 cm³/mol. The normalized spacial score (nSPS) is 12.4. The first-order valence-corrected chi connectivity index (χ1v) is 8.94. The number of nitrogens with zero attached hydrogens (tertiary/aromatic N) is 2. The van der Waals surface area contributed by atoms with Crippen molar-refractivity contribution in [3.05, 3.63) is 16.1 Å². The van der Waals surface area contributed by atoms with Crippen molar-refractivity contribution in [1.82, 2.24) is 15.6 Å². The minimum absolute atomic E-state index is 0.130. The molecule has 4 N–H and O–H groups in total. The number of hydrogen-bond acceptors (Lipinski definition) is 5. The van der Waals surface area contributed by atoms with Gasteiger partial charge in [-0.1, -0.05) is 6.92 Å². The maximum atomic E-state index is 10.9. The van der Waals surface area contributed by atoms with Gasteiger partial charge in [0.2, 0.25) is 10.0 Å². The molecule has 0 atom stereocenters. The van der Waals surface area contributed by atoms with E-state index in [0.717, 1.165) is 11.4 Å². The molecule has 0 unspecified atom stereocenters. The summed E-state index contributed by atoms with van der Waals surface area (Å²) in [5, 5.41) is 11.8. The monoisotopic (exact) mass is 319 g/mol. The van der Waals surface area contributed by atoms with Crippen LogP contribution in [0.25, 0.3) is 0 Å². The quantitative estimate of drug-likeness (QED) is 0.486. The maximum absolute atomic E-state index is 10.9. The van der Waals surface area contributed by atoms with Crippen LogP contribution in [-0.4, -0.2) is 38.2 Å². The van der Waals surface area contributed by atoms with Gasteiger partial charge in [0.15, 0.2) is 5.96 Å². The molecule has 0 aliphatic carbocycles. The Kier molecular flexibility index (Phi) is 6.89. The Hall–Kier alpha value is -1.19. The zero-order valence-electron chi connectivity index (χ0n) is 11.7. The Morgan fingerprint density at radius 1 is 1.45 bits per heavy atom. The molecule has 0 bridgehead atoms. The summed E-state index contributed by atoms with van der Waals surface area (Å²) >= 11 is 1.63. The van der Waals surface area contributed by atoms with Gasteiger partial charge in [-0.3, -0.25) is 0 Å². The van der Waals surface area contributed by atoms with Gasteiger partial charge in [-0.25, -0.2) is 23.5 Å². The van der Waals surface area contributed by atoms with E-state index < -0.39 is 10.0 Å². The van der Waals surface area contributed by atoms with Crippen LogP contribution in [0.2, 0.25) is 0 Å². The summed E-state index contributed by atoms with van der Waals surface area (Å²) in [6.07, 6.45) is 2.82. The zero-order chi connectivity index (χ0) is 15.0. The molecule has 9 heteroatoms. The number of aromatic nitrogens is 1. The lowest BCUT2D eigenvalue weighted by atomic mass is 10.4. The molecule has 7 nitrogen and oxygen atoms in total. The number of primary sulfonamides is 1. The summed E-state index contributed by atoms with van der Waals surface area (Å²) in [6, 6.07) is 0. The van der Waals surface area contributed by atoms with Crippen LogP contribution in [0, 0.1) is 0 Å². The van der Waals surface area contributed by atoms with E-state index >= 15 is 0 Å². The van der Waals surface area contributed by atoms with Gasteiger partial charge in [0.05, 0.1) is 12.3 Å². The second-order valence-electron chi connectivity index (χ2n) is 4.06. The summed E-state index contributed by atoms with van der Waals surface area (Å²) in [5.41, 5.74) is 0. The highest BCUT2D eigenvalue weighted by atomic mass is 32.2. The van der Waals surface area contributed by atoms with Crippen molar-refractivity contribution in [3.63, 3.8) is 0 Å². The van der Waals surface area contributed by atoms with Crippen LogP contribution in [-0.2, 0) is 23.0 Å². The van der Waals surface area contributed by atoms with Gasteiger partial charge in [-0.05, 0) is 13.3 Å². The molecule has 1 rings (SSSR count). The second kappa shape index (κ2) is 8.18. The first-order valence-electron chi connectivity index (χ1n) is 6.40. The van der Waals surface area contributed by atoms with Crippen molar-refractivity contribution in [2.45, 2.75) is 26.8 Å². The van der Waals surface area contributed by atoms with E-state index in [1.54, 1.807) is 11.3 Å². The minimum atomic E-state index is -3.46. The lowest BCUT2D eigenvalue weighted by Gasteiger charge is -2.10. The van der Waals surface area contributed by atoms with Crippen LogP contribution in [0.3, 0.4) is 0 Å². The first-order chi connectivity index (χ1) is 9.44. The number of thiazole rings is 1. The third-order valence-electron chi connectivity index (χ3n) is 2.35. The fraction of sp³-hybridized carbons (Fsp3) is 0.636. The molecule has 1 aromatic rings. The van der Waals surface area contributed by atoms with Gasteiger partial charge in [-0.15, -0.1) is 11.3 Å². The number of aryl methyl sites for hydroxylation is 1. The van der Waals surface area contributed by atoms with E-state index in [4.69, 9.17) is 5.14 Å². The first kappa shape index (κ1) is 16.9. The average Bonchev–Trinajstić information content (AvgIpc) is 2.82. The number of nitrogens with two attached hydrogens (primary N) is 1. The fourth-order valence-electron chi connectivity index (χ4n) is 1.38. The lowest BCUT2D eigenvalue weighted by Crippen LogP contribution is -2.40. The molecule has 0 aromatic carbocycles. The van der Waals surface area contributed by atoms with Crippen LogP contribution in [0.4, 0.5) is 0 Å². The van der Waals surface area contributed by atoms with Gasteiger partial charge in [0, 0.05) is 24.2 Å². The molecule has 114 valence electrons. The highest BCUT2D eigenvalue weighted by Gasteiger charge is 2.04. The number of sulfonamides is 1. The molecule has 0 spiro atoms. The van der Waals surface area contributed by atoms with Crippen molar-refractivity contribution in [1.29, 1.82) is 0 Å². The van der Waals surface area contributed by atoms with E-state index in [1.807, 2.05) is 13.1 Å². The summed E-state index contributed by atoms with van der Waals surface area (Å²) in [7, 11) is -3.46. The number of hydrogen-bond donors (Lipinski definition) is 3. The molecule has 0 aliphatic heterocycles. The van der Waals surface area contributed by atoms with Crippen molar-refractivity contribution in [3.8, 4) is 0 Å². The molecule has 0 saturated carbocycles. The van der Waals surface area contributed by atoms with Crippen molar-refractivity contribution in [2.24, 2.45) is 10.1 Å². The summed E-state index contributed by atoms with van der Waals surface area (Å²) in [5.74, 6) is 0.429. The van der Waals surface area contributed by atoms with Crippen LogP contribution in [0.15, 0.2) is 11.2 Å². The van der Waals surface area contributed by atoms with E-state index in [1.165, 1.54) is 4.88 Å². The molecule has 0 radical (unpaired) electrons. The second-order valence-corrected chi connectivity index (χ2v) is 7.00. The molecular weight excluding hydrogens is 298 g/mol. The van der Waals surface area contributed by atoms with Gasteiger partial charge < -0.3 is 10.6 Å². The standard InChI is InChI=1S/C11H21N5O2S2/c1-3-9-7-15-10(19-9)8-16-11(13-4-2)14-5-6-20(12,17)18/h7H,3-6,8H2,1-2H3,(H2,12,17,18)(H2,13,14,16). The summed E-state index contributed by atoms with van der Waals surface area (Å²) in [4.78, 5) is 9.86. The lowest BCUT2D eigenvalue weighted by molar-refractivity contribution is 0.596. The molecule has 1 aromatic heterocycles. The molecular formula is C11H21N5O2S2. The smallest absolute Gasteiger partial charge is 0.210 e. The van der Waals surface area contributed by atoms with E-state index in [9.17, 15) is 8.42 Å². The molecule has 0 saturated heterocycles. The van der Waals surface area contributed by atoms with Gasteiger partial charge in [0.1, 0.15) is 5.01 Å². The summed E-state index contributed by atoms with van der Waals surface area (Å²) in [6.45, 7) is 5.41. The largest absolute Gasteiger partial charge is 0.357 e. The van der Waals surface area contributed by atoms with E-state index in [-0.39, 0.29) is 12.3 Å². The molecule has 20 heavy (non-hydrogen) atoms. The van der Waals surface area contributed by atoms with Crippen molar-refractivity contribution in [2.75, 3.05) is 18.8 Å². The number of guanidine groups is 1. The number of aliphatic imine (C=N–C) groups is 1. The van der Waals surface area contributed by atoms with Crippen LogP contribution >= 0.6 is 11.3 Å². The van der Waals surface area contributed by atoms with E-state index in [2.05, 4.69) is 27.5 Å². The molecule has 0 amide bonds. The van der Waals surface area contributed by atoms with Crippen LogP contribution in [0.5, 0.6) is 0 Å². The Bertz CT molecular complexity index is 539. The third-order valence-corrected chi connectivity index (χ3v) is 4.25. The predicted octanol–water partition coefficient (Wildman–Crippen LogP) is 0.0491. The maximum Gasteiger partial charge on any atom is 0.210 e. The zero-order valence-corrected chi connectivity index (χ0v) is 13.4. The number of rotatable bonds is 7. The SMILES string of the molecule is CCNC(=NCc1ncc(CC)s1)NCCS(N)(=O)=O. The Labute approximate surface area is 123 Å². The summed E-state index contributed by atoms with van der Waals surface area (Å²) < 4.78 is 21.7. The van der Waals surface area contributed by atoms with E-state index in [0.29, 0.717) is 19.0 Å². The van der Waals surface area contributed by atoms with Gasteiger partial charge in [0.25, 0.3) is 0 Å². The third kappa shape index (κ3) is 6.83.